The quantitative estimate of drug-likeness (QED) is 0.700. The summed E-state index contributed by atoms with van der Waals surface area (Å²) in [5.41, 5.74) is 2.59. The van der Waals surface area contributed by atoms with Crippen molar-refractivity contribution in [1.29, 1.82) is 0 Å². The van der Waals surface area contributed by atoms with Crippen molar-refractivity contribution in [3.05, 3.63) is 78.4 Å². The van der Waals surface area contributed by atoms with Crippen LogP contribution in [0.3, 0.4) is 0 Å². The fraction of sp³-hybridized carbons (Fsp3) is 0.286. The third-order valence-electron chi connectivity index (χ3n) is 4.72. The van der Waals surface area contributed by atoms with Gasteiger partial charge in [0.1, 0.15) is 0 Å². The Labute approximate surface area is 158 Å². The molecule has 1 atom stereocenters. The van der Waals surface area contributed by atoms with Crippen molar-refractivity contribution in [2.24, 2.45) is 0 Å². The van der Waals surface area contributed by atoms with Gasteiger partial charge in [0.2, 0.25) is 0 Å². The van der Waals surface area contributed by atoms with Gasteiger partial charge in [0.05, 0.1) is 30.2 Å². The first-order valence-corrected chi connectivity index (χ1v) is 9.19. The minimum Gasteiger partial charge on any atom is -0.372 e. The Bertz CT molecular complexity index is 879. The van der Waals surface area contributed by atoms with Crippen LogP contribution >= 0.6 is 0 Å². The van der Waals surface area contributed by atoms with Crippen LogP contribution in [-0.2, 0) is 11.3 Å². The van der Waals surface area contributed by atoms with E-state index in [4.69, 9.17) is 4.74 Å². The molecule has 6 nitrogen and oxygen atoms in total. The lowest BCUT2D eigenvalue weighted by molar-refractivity contribution is -0.00681. The Morgan fingerprint density at radius 2 is 2.04 bits per heavy atom. The molecule has 4 rings (SSSR count). The molecule has 138 valence electrons. The number of likely N-dealkylation sites (tertiary alicyclic amines) is 1. The predicted molar refractivity (Wildman–Crippen MR) is 102 cm³/mol. The van der Waals surface area contributed by atoms with Crippen LogP contribution in [0.15, 0.2) is 67.3 Å². The molecule has 1 aliphatic rings. The number of rotatable bonds is 5. The largest absolute Gasteiger partial charge is 0.372 e. The summed E-state index contributed by atoms with van der Waals surface area (Å²) in [6, 6.07) is 13.7. The lowest BCUT2D eigenvalue weighted by Gasteiger charge is -2.32. The van der Waals surface area contributed by atoms with Crippen LogP contribution in [-0.4, -0.2) is 44.8 Å². The maximum atomic E-state index is 12.9. The molecule has 0 aliphatic carbocycles. The van der Waals surface area contributed by atoms with Gasteiger partial charge in [-0.1, -0.05) is 24.3 Å². The van der Waals surface area contributed by atoms with E-state index in [0.717, 1.165) is 30.6 Å². The van der Waals surface area contributed by atoms with Gasteiger partial charge in [0, 0.05) is 31.7 Å². The van der Waals surface area contributed by atoms with E-state index in [0.29, 0.717) is 18.7 Å². The van der Waals surface area contributed by atoms with Crippen molar-refractivity contribution in [2.45, 2.75) is 25.6 Å². The van der Waals surface area contributed by atoms with Gasteiger partial charge in [-0.05, 0) is 36.6 Å². The van der Waals surface area contributed by atoms with Gasteiger partial charge in [0.25, 0.3) is 5.91 Å². The summed E-state index contributed by atoms with van der Waals surface area (Å²) in [7, 11) is 0. The van der Waals surface area contributed by atoms with Crippen molar-refractivity contribution in [3.63, 3.8) is 0 Å². The van der Waals surface area contributed by atoms with Gasteiger partial charge >= 0.3 is 0 Å². The zero-order valence-electron chi connectivity index (χ0n) is 15.1. The molecule has 1 amide bonds. The summed E-state index contributed by atoms with van der Waals surface area (Å²) in [5.74, 6) is 0.00635. The molecule has 1 aromatic carbocycles. The number of hydrogen-bond donors (Lipinski definition) is 0. The maximum Gasteiger partial charge on any atom is 0.257 e. The zero-order valence-corrected chi connectivity index (χ0v) is 15.1. The summed E-state index contributed by atoms with van der Waals surface area (Å²) >= 11 is 0. The lowest BCUT2D eigenvalue weighted by Crippen LogP contribution is -2.43. The molecule has 1 saturated heterocycles. The summed E-state index contributed by atoms with van der Waals surface area (Å²) in [4.78, 5) is 18.8. The second-order valence-electron chi connectivity index (χ2n) is 6.70. The van der Waals surface area contributed by atoms with Crippen molar-refractivity contribution in [3.8, 4) is 5.69 Å². The standard InChI is InChI=1S/C21H22N4O2/c26-21(18-13-23-25(14-18)19-7-2-1-3-8-19)24-11-5-9-20(15-24)27-16-17-6-4-10-22-12-17/h1-4,6-8,10,12-14,20H,5,9,11,15-16H2/t20-/m1/s1. The topological polar surface area (TPSA) is 60.2 Å². The minimum absolute atomic E-state index is 0.00635. The molecule has 0 bridgehead atoms. The Morgan fingerprint density at radius 3 is 2.85 bits per heavy atom. The zero-order chi connectivity index (χ0) is 18.5. The van der Waals surface area contributed by atoms with E-state index in [1.54, 1.807) is 23.3 Å². The number of amides is 1. The summed E-state index contributed by atoms with van der Waals surface area (Å²) in [5, 5.41) is 4.33. The van der Waals surface area contributed by atoms with Gasteiger partial charge in [-0.15, -0.1) is 0 Å². The average molecular weight is 362 g/mol. The Balaban J connectivity index is 1.38. The average Bonchev–Trinajstić information content (AvgIpc) is 3.24. The number of aromatic nitrogens is 3. The van der Waals surface area contributed by atoms with Crippen molar-refractivity contribution in [2.75, 3.05) is 13.1 Å². The Kier molecular flexibility index (Phi) is 5.25. The Hall–Kier alpha value is -2.99. The van der Waals surface area contributed by atoms with E-state index in [2.05, 4.69) is 10.1 Å². The van der Waals surface area contributed by atoms with Gasteiger partial charge in [-0.2, -0.15) is 5.10 Å². The molecule has 2 aromatic heterocycles. The number of pyridine rings is 1. The van der Waals surface area contributed by atoms with Crippen LogP contribution in [0, 0.1) is 0 Å². The summed E-state index contributed by atoms with van der Waals surface area (Å²) < 4.78 is 7.73. The van der Waals surface area contributed by atoms with E-state index >= 15 is 0 Å². The number of piperidine rings is 1. The number of carbonyl (C=O) groups excluding carboxylic acids is 1. The van der Waals surface area contributed by atoms with E-state index in [9.17, 15) is 4.79 Å². The second kappa shape index (κ2) is 8.14. The molecule has 0 N–H and O–H groups in total. The lowest BCUT2D eigenvalue weighted by atomic mass is 10.1. The van der Waals surface area contributed by atoms with Crippen molar-refractivity contribution < 1.29 is 9.53 Å². The summed E-state index contributed by atoms with van der Waals surface area (Å²) in [6.45, 7) is 1.88. The van der Waals surface area contributed by atoms with Crippen molar-refractivity contribution in [1.82, 2.24) is 19.7 Å². The van der Waals surface area contributed by atoms with E-state index in [1.165, 1.54) is 0 Å². The number of benzene rings is 1. The predicted octanol–water partition coefficient (Wildman–Crippen LogP) is 3.09. The minimum atomic E-state index is 0.00635. The number of carbonyl (C=O) groups is 1. The van der Waals surface area contributed by atoms with E-state index < -0.39 is 0 Å². The smallest absolute Gasteiger partial charge is 0.257 e. The highest BCUT2D eigenvalue weighted by molar-refractivity contribution is 5.93. The fourth-order valence-corrected chi connectivity index (χ4v) is 3.29. The number of para-hydroxylation sites is 1. The SMILES string of the molecule is O=C(c1cnn(-c2ccccc2)c1)N1CCC[C@@H](OCc2cccnc2)C1. The number of ether oxygens (including phenoxy) is 1. The van der Waals surface area contributed by atoms with Crippen LogP contribution in [0.25, 0.3) is 5.69 Å². The molecule has 1 fully saturated rings. The molecule has 1 aliphatic heterocycles. The molecule has 0 saturated carbocycles. The van der Waals surface area contributed by atoms with Gasteiger partial charge in [-0.3, -0.25) is 9.78 Å². The van der Waals surface area contributed by atoms with Gasteiger partial charge < -0.3 is 9.64 Å². The van der Waals surface area contributed by atoms with E-state index in [1.807, 2.05) is 53.6 Å². The second-order valence-corrected chi connectivity index (χ2v) is 6.70. The molecule has 0 spiro atoms. The van der Waals surface area contributed by atoms with Crippen LogP contribution in [0.4, 0.5) is 0 Å². The fourth-order valence-electron chi connectivity index (χ4n) is 3.29. The highest BCUT2D eigenvalue weighted by atomic mass is 16.5. The number of hydrogen-bond acceptors (Lipinski definition) is 4. The highest BCUT2D eigenvalue weighted by Crippen LogP contribution is 2.18. The van der Waals surface area contributed by atoms with Crippen LogP contribution in [0.2, 0.25) is 0 Å². The maximum absolute atomic E-state index is 12.9. The third kappa shape index (κ3) is 4.23. The molecule has 6 heteroatoms. The van der Waals surface area contributed by atoms with Crippen LogP contribution in [0.5, 0.6) is 0 Å². The Morgan fingerprint density at radius 1 is 1.15 bits per heavy atom. The monoisotopic (exact) mass is 362 g/mol. The van der Waals surface area contributed by atoms with E-state index in [-0.39, 0.29) is 12.0 Å². The normalized spacial score (nSPS) is 17.0. The molecule has 3 aromatic rings. The first kappa shape index (κ1) is 17.4. The van der Waals surface area contributed by atoms with Crippen LogP contribution in [0.1, 0.15) is 28.8 Å². The highest BCUT2D eigenvalue weighted by Gasteiger charge is 2.25. The molecule has 3 heterocycles. The van der Waals surface area contributed by atoms with Gasteiger partial charge in [-0.25, -0.2) is 4.68 Å². The van der Waals surface area contributed by atoms with Crippen molar-refractivity contribution >= 4 is 5.91 Å². The van der Waals surface area contributed by atoms with Crippen LogP contribution < -0.4 is 0 Å². The first-order chi connectivity index (χ1) is 13.3. The van der Waals surface area contributed by atoms with Gasteiger partial charge in [0.15, 0.2) is 0 Å². The molecular formula is C21H22N4O2. The molecular weight excluding hydrogens is 340 g/mol. The molecule has 0 unspecified atom stereocenters. The molecule has 27 heavy (non-hydrogen) atoms. The third-order valence-corrected chi connectivity index (χ3v) is 4.72. The summed E-state index contributed by atoms with van der Waals surface area (Å²) in [6.07, 6.45) is 8.94. The number of nitrogens with zero attached hydrogens (tertiary/aromatic N) is 4. The first-order valence-electron chi connectivity index (χ1n) is 9.19. The molecule has 0 radical (unpaired) electrons.